The van der Waals surface area contributed by atoms with Gasteiger partial charge in [0.15, 0.2) is 0 Å². The van der Waals surface area contributed by atoms with Crippen molar-refractivity contribution in [3.63, 3.8) is 0 Å². The van der Waals surface area contributed by atoms with Crippen LogP contribution in [0.15, 0.2) is 53.4 Å². The predicted octanol–water partition coefficient (Wildman–Crippen LogP) is -2.81. The van der Waals surface area contributed by atoms with Crippen LogP contribution in [0.5, 0.6) is 0 Å². The van der Waals surface area contributed by atoms with Crippen molar-refractivity contribution in [2.45, 2.75) is 4.90 Å². The molecule has 0 bridgehead atoms. The van der Waals surface area contributed by atoms with Gasteiger partial charge in [0.1, 0.15) is 0 Å². The van der Waals surface area contributed by atoms with Crippen molar-refractivity contribution >= 4 is 86.4 Å². The molecule has 0 atom stereocenters. The van der Waals surface area contributed by atoms with Gasteiger partial charge in [0.25, 0.3) is 10.0 Å². The van der Waals surface area contributed by atoms with Crippen molar-refractivity contribution in [2.75, 3.05) is 15.1 Å². The molecule has 2 aromatic carbocycles. The zero-order valence-electron chi connectivity index (χ0n) is 20.6. The molecule has 6 amide bonds. The monoisotopic (exact) mass is 622 g/mol. The molecule has 43 heavy (non-hydrogen) atoms. The summed E-state index contributed by atoms with van der Waals surface area (Å²) < 4.78 is 26.4. The van der Waals surface area contributed by atoms with Crippen LogP contribution in [0.3, 0.4) is 0 Å². The first-order valence-corrected chi connectivity index (χ1v) is 12.1. The Balaban J connectivity index is 2.21. The van der Waals surface area contributed by atoms with Crippen molar-refractivity contribution < 1.29 is 76.8 Å². The Hall–Kier alpha value is -6.51. The second kappa shape index (κ2) is 12.8. The third-order valence-electron chi connectivity index (χ3n) is 4.77. The van der Waals surface area contributed by atoms with Crippen LogP contribution in [0.25, 0.3) is 0 Å². The van der Waals surface area contributed by atoms with Gasteiger partial charge in [0.2, 0.25) is 0 Å². The van der Waals surface area contributed by atoms with Crippen molar-refractivity contribution in [1.82, 2.24) is 4.72 Å². The molecular weight excluding hydrogens is 608 g/mol. The summed E-state index contributed by atoms with van der Waals surface area (Å²) in [7, 11) is -4.84. The number of carbonyl (C=O) groups is 10. The summed E-state index contributed by atoms with van der Waals surface area (Å²) in [5, 5.41) is 37.2. The molecule has 0 aliphatic heterocycles. The van der Waals surface area contributed by atoms with Crippen LogP contribution in [-0.2, 0) is 58.0 Å². The lowest BCUT2D eigenvalue weighted by molar-refractivity contribution is -0.153. The average Bonchev–Trinajstić information content (AvgIpc) is 2.93. The summed E-state index contributed by atoms with van der Waals surface area (Å²) in [5.41, 5.74) is -1.50. The number of hydrogen-bond acceptors (Lipinski definition) is 12. The number of nitrogens with one attached hydrogen (secondary N) is 2. The van der Waals surface area contributed by atoms with Crippen molar-refractivity contribution in [3.8, 4) is 0 Å². The van der Waals surface area contributed by atoms with E-state index < -0.39 is 85.6 Å². The Morgan fingerprint density at radius 3 is 1.16 bits per heavy atom. The molecule has 0 spiro atoms. The molecule has 224 valence electrons. The van der Waals surface area contributed by atoms with Gasteiger partial charge in [0, 0.05) is 5.69 Å². The molecular formula is C22H14N4O16S. The maximum atomic E-state index is 12.5. The maximum Gasteiger partial charge on any atom is 0.395 e. The fourth-order valence-electron chi connectivity index (χ4n) is 2.92. The lowest BCUT2D eigenvalue weighted by atomic mass is 10.2. The summed E-state index contributed by atoms with van der Waals surface area (Å²) in [6.07, 6.45) is 0. The summed E-state index contributed by atoms with van der Waals surface area (Å²) >= 11 is 0. The molecule has 0 unspecified atom stereocenters. The molecule has 0 saturated heterocycles. The van der Waals surface area contributed by atoms with E-state index in [0.29, 0.717) is 24.3 Å². The molecule has 6 N–H and O–H groups in total. The average molecular weight is 622 g/mol. The van der Waals surface area contributed by atoms with Gasteiger partial charge in [-0.2, -0.15) is 0 Å². The minimum atomic E-state index is -4.84. The number of rotatable bonds is 5. The molecule has 2 aromatic rings. The highest BCUT2D eigenvalue weighted by Crippen LogP contribution is 2.20. The normalized spacial score (nSPS) is 10.4. The van der Waals surface area contributed by atoms with Crippen LogP contribution < -0.4 is 19.8 Å². The van der Waals surface area contributed by atoms with Gasteiger partial charge in [-0.25, -0.2) is 42.1 Å². The van der Waals surface area contributed by atoms with E-state index in [-0.39, 0.29) is 15.5 Å². The summed E-state index contributed by atoms with van der Waals surface area (Å²) in [5.74, 6) is -19.9. The van der Waals surface area contributed by atoms with E-state index >= 15 is 0 Å². The molecule has 0 fully saturated rings. The zero-order chi connectivity index (χ0) is 32.8. The standard InChI is InChI=1S/C22H14N4O16S/c27-13(23-9-1-3-10(4-2-9)25(15(29)19(33)34)16(30)20(35)36)14(28)24-43(41,42)12-7-5-11(6-8-12)26(17(31)21(37)38)18(32)22(39)40/h1-8H,(H,23,27)(H,24,28)(H,33,34)(H,35,36)(H,37,38)(H,39,40). The SMILES string of the molecule is O=C(O)C(=O)N(C(=O)C(=O)O)c1ccc(NC(=O)C(=O)NS(=O)(=O)c2ccc(N(C(=O)C(=O)O)C(=O)C(=O)O)cc2)cc1. The predicted molar refractivity (Wildman–Crippen MR) is 132 cm³/mol. The van der Waals surface area contributed by atoms with Crippen molar-refractivity contribution in [2.24, 2.45) is 0 Å². The largest absolute Gasteiger partial charge is 0.474 e. The summed E-state index contributed by atoms with van der Waals surface area (Å²) in [6, 6.07) is 6.04. The highest BCUT2D eigenvalue weighted by atomic mass is 32.2. The van der Waals surface area contributed by atoms with Crippen LogP contribution in [0.4, 0.5) is 17.1 Å². The highest BCUT2D eigenvalue weighted by Gasteiger charge is 2.34. The first-order chi connectivity index (χ1) is 19.9. The third kappa shape index (κ3) is 7.57. The topological polar surface area (TPSA) is 316 Å². The molecule has 0 heterocycles. The molecule has 0 aliphatic carbocycles. The number of benzene rings is 2. The number of carboxylic acid groups (broad SMARTS) is 4. The molecule has 0 aromatic heterocycles. The number of nitrogens with zero attached hydrogens (tertiary/aromatic N) is 2. The fraction of sp³-hybridized carbons (Fsp3) is 0. The van der Waals surface area contributed by atoms with E-state index in [1.54, 1.807) is 0 Å². The number of anilines is 3. The van der Waals surface area contributed by atoms with Gasteiger partial charge in [-0.15, -0.1) is 0 Å². The molecule has 20 nitrogen and oxygen atoms in total. The third-order valence-corrected chi connectivity index (χ3v) is 6.11. The fourth-order valence-corrected chi connectivity index (χ4v) is 3.87. The second-order valence-electron chi connectivity index (χ2n) is 7.54. The van der Waals surface area contributed by atoms with Gasteiger partial charge in [-0.05, 0) is 48.5 Å². The van der Waals surface area contributed by atoms with Crippen molar-refractivity contribution in [3.05, 3.63) is 48.5 Å². The van der Waals surface area contributed by atoms with Crippen LogP contribution >= 0.6 is 0 Å². The van der Waals surface area contributed by atoms with E-state index in [1.165, 1.54) is 4.72 Å². The summed E-state index contributed by atoms with van der Waals surface area (Å²) in [4.78, 5) is 114. The smallest absolute Gasteiger partial charge is 0.395 e. The lowest BCUT2D eigenvalue weighted by Gasteiger charge is -2.17. The first-order valence-electron chi connectivity index (χ1n) is 10.7. The lowest BCUT2D eigenvalue weighted by Crippen LogP contribution is -2.45. The Morgan fingerprint density at radius 1 is 0.512 bits per heavy atom. The number of carbonyl (C=O) groups excluding carboxylic acids is 6. The number of carboxylic acids is 4. The quantitative estimate of drug-likeness (QED) is 0.183. The van der Waals surface area contributed by atoms with E-state index in [0.717, 1.165) is 24.3 Å². The number of aliphatic carboxylic acids is 4. The van der Waals surface area contributed by atoms with E-state index in [2.05, 4.69) is 0 Å². The Morgan fingerprint density at radius 2 is 0.837 bits per heavy atom. The maximum absolute atomic E-state index is 12.5. The molecule has 0 radical (unpaired) electrons. The molecule has 0 aliphatic rings. The van der Waals surface area contributed by atoms with Crippen LogP contribution in [0.2, 0.25) is 0 Å². The Labute approximate surface area is 236 Å². The molecule has 0 saturated carbocycles. The van der Waals surface area contributed by atoms with Gasteiger partial charge < -0.3 is 25.7 Å². The molecule has 2 rings (SSSR count). The van der Waals surface area contributed by atoms with Gasteiger partial charge >= 0.3 is 59.3 Å². The second-order valence-corrected chi connectivity index (χ2v) is 9.22. The number of amides is 6. The van der Waals surface area contributed by atoms with Crippen LogP contribution in [-0.4, -0.2) is 88.2 Å². The Kier molecular flexibility index (Phi) is 9.71. The van der Waals surface area contributed by atoms with E-state index in [4.69, 9.17) is 20.4 Å². The van der Waals surface area contributed by atoms with Crippen LogP contribution in [0, 0.1) is 0 Å². The number of sulfonamides is 1. The van der Waals surface area contributed by atoms with E-state index in [9.17, 15) is 56.4 Å². The van der Waals surface area contributed by atoms with E-state index in [1.807, 2.05) is 5.32 Å². The number of hydrogen-bond donors (Lipinski definition) is 6. The van der Waals surface area contributed by atoms with Crippen molar-refractivity contribution in [1.29, 1.82) is 0 Å². The van der Waals surface area contributed by atoms with Gasteiger partial charge in [-0.1, -0.05) is 0 Å². The minimum absolute atomic E-state index is 0.199. The Bertz CT molecular complexity index is 1650. The zero-order valence-corrected chi connectivity index (χ0v) is 21.4. The van der Waals surface area contributed by atoms with Gasteiger partial charge in [0.05, 0.1) is 16.3 Å². The van der Waals surface area contributed by atoms with Gasteiger partial charge in [-0.3, -0.25) is 28.8 Å². The van der Waals surface area contributed by atoms with Crippen LogP contribution in [0.1, 0.15) is 0 Å². The molecule has 21 heteroatoms. The minimum Gasteiger partial charge on any atom is -0.474 e. The highest BCUT2D eigenvalue weighted by molar-refractivity contribution is 7.90. The first kappa shape index (κ1) is 32.7. The summed E-state index contributed by atoms with van der Waals surface area (Å²) in [6.45, 7) is 0. The number of imide groups is 2.